The van der Waals surface area contributed by atoms with E-state index in [2.05, 4.69) is 33.7 Å². The first kappa shape index (κ1) is 20.5. The van der Waals surface area contributed by atoms with Crippen molar-refractivity contribution in [2.45, 2.75) is 32.7 Å². The molecule has 1 saturated heterocycles. The van der Waals surface area contributed by atoms with Crippen molar-refractivity contribution in [2.24, 2.45) is 0 Å². The van der Waals surface area contributed by atoms with Crippen LogP contribution in [-0.2, 0) is 11.2 Å². The van der Waals surface area contributed by atoms with Crippen molar-refractivity contribution in [1.82, 2.24) is 15.1 Å². The minimum absolute atomic E-state index is 0.0278. The van der Waals surface area contributed by atoms with Crippen molar-refractivity contribution in [3.05, 3.63) is 29.8 Å². The van der Waals surface area contributed by atoms with E-state index in [1.807, 2.05) is 0 Å². The van der Waals surface area contributed by atoms with Crippen LogP contribution in [-0.4, -0.2) is 67.4 Å². The van der Waals surface area contributed by atoms with Gasteiger partial charge in [-0.05, 0) is 38.0 Å². The Balaban J connectivity index is 1.65. The van der Waals surface area contributed by atoms with Crippen molar-refractivity contribution in [3.8, 4) is 5.75 Å². The summed E-state index contributed by atoms with van der Waals surface area (Å²) < 4.78 is 40.2. The molecule has 1 aromatic carbocycles. The fourth-order valence-electron chi connectivity index (χ4n) is 2.90. The number of alkyl halides is 3. The van der Waals surface area contributed by atoms with E-state index in [4.69, 9.17) is 0 Å². The zero-order chi connectivity index (χ0) is 19.2. The summed E-state index contributed by atoms with van der Waals surface area (Å²) in [5.41, 5.74) is 0.838. The molecule has 0 atom stereocenters. The number of rotatable bonds is 7. The summed E-state index contributed by atoms with van der Waals surface area (Å²) in [4.78, 5) is 16.5. The maximum absolute atomic E-state index is 12.1. The molecule has 0 radical (unpaired) electrons. The van der Waals surface area contributed by atoms with E-state index in [1.54, 1.807) is 12.1 Å². The molecule has 0 unspecified atom stereocenters. The number of amides is 1. The van der Waals surface area contributed by atoms with Crippen LogP contribution in [0.2, 0.25) is 0 Å². The Morgan fingerprint density at radius 1 is 1.15 bits per heavy atom. The number of benzene rings is 1. The standard InChI is InChI=1S/C18H26F3N3O2/c1-14(2)24-11-9-23(10-12-24)13-17(25)22-8-7-15-3-5-16(6-4-15)26-18(19,20)21/h3-6,14H,7-13H2,1-2H3,(H,22,25). The van der Waals surface area contributed by atoms with Crippen LogP contribution in [0.15, 0.2) is 24.3 Å². The lowest BCUT2D eigenvalue weighted by Gasteiger charge is -2.36. The van der Waals surface area contributed by atoms with Crippen LogP contribution in [0.5, 0.6) is 5.75 Å². The highest BCUT2D eigenvalue weighted by atomic mass is 19.4. The summed E-state index contributed by atoms with van der Waals surface area (Å²) in [5, 5.41) is 2.86. The molecule has 1 fully saturated rings. The van der Waals surface area contributed by atoms with Gasteiger partial charge >= 0.3 is 6.36 Å². The average Bonchev–Trinajstić information content (AvgIpc) is 2.55. The molecule has 0 aliphatic carbocycles. The van der Waals surface area contributed by atoms with E-state index in [0.29, 0.717) is 25.6 Å². The lowest BCUT2D eigenvalue weighted by Crippen LogP contribution is -2.51. The topological polar surface area (TPSA) is 44.8 Å². The zero-order valence-corrected chi connectivity index (χ0v) is 15.2. The third kappa shape index (κ3) is 7.21. The van der Waals surface area contributed by atoms with Crippen molar-refractivity contribution >= 4 is 5.91 Å². The number of hydrogen-bond acceptors (Lipinski definition) is 4. The molecule has 1 heterocycles. The van der Waals surface area contributed by atoms with Crippen LogP contribution in [0.25, 0.3) is 0 Å². The highest BCUT2D eigenvalue weighted by molar-refractivity contribution is 5.78. The summed E-state index contributed by atoms with van der Waals surface area (Å²) in [6.07, 6.45) is -4.13. The molecule has 146 valence electrons. The first-order valence-electron chi connectivity index (χ1n) is 8.81. The fourth-order valence-corrected chi connectivity index (χ4v) is 2.90. The molecule has 0 spiro atoms. The number of carbonyl (C=O) groups is 1. The predicted molar refractivity (Wildman–Crippen MR) is 93.0 cm³/mol. The normalized spacial score (nSPS) is 16.7. The number of nitrogens with one attached hydrogen (secondary N) is 1. The second-order valence-electron chi connectivity index (χ2n) is 6.70. The van der Waals surface area contributed by atoms with Gasteiger partial charge in [0.05, 0.1) is 6.54 Å². The van der Waals surface area contributed by atoms with Crippen LogP contribution < -0.4 is 10.1 Å². The molecule has 0 aromatic heterocycles. The predicted octanol–water partition coefficient (Wildman–Crippen LogP) is 2.27. The summed E-state index contributed by atoms with van der Waals surface area (Å²) in [5.74, 6) is -0.272. The molecular formula is C18H26F3N3O2. The number of ether oxygens (including phenoxy) is 1. The molecule has 26 heavy (non-hydrogen) atoms. The maximum atomic E-state index is 12.1. The lowest BCUT2D eigenvalue weighted by atomic mass is 10.1. The molecular weight excluding hydrogens is 347 g/mol. The van der Waals surface area contributed by atoms with E-state index in [1.165, 1.54) is 12.1 Å². The minimum Gasteiger partial charge on any atom is -0.406 e. The number of piperazine rings is 1. The monoisotopic (exact) mass is 373 g/mol. The first-order valence-corrected chi connectivity index (χ1v) is 8.81. The van der Waals surface area contributed by atoms with Gasteiger partial charge in [0.1, 0.15) is 5.75 Å². The van der Waals surface area contributed by atoms with E-state index < -0.39 is 6.36 Å². The van der Waals surface area contributed by atoms with Crippen LogP contribution in [0.4, 0.5) is 13.2 Å². The Morgan fingerprint density at radius 3 is 2.31 bits per heavy atom. The van der Waals surface area contributed by atoms with Gasteiger partial charge in [0, 0.05) is 38.8 Å². The van der Waals surface area contributed by atoms with E-state index >= 15 is 0 Å². The van der Waals surface area contributed by atoms with Crippen LogP contribution in [0.1, 0.15) is 19.4 Å². The molecule has 0 bridgehead atoms. The smallest absolute Gasteiger partial charge is 0.406 e. The third-order valence-corrected chi connectivity index (χ3v) is 4.40. The third-order valence-electron chi connectivity index (χ3n) is 4.40. The SMILES string of the molecule is CC(C)N1CCN(CC(=O)NCCc2ccc(OC(F)(F)F)cc2)CC1. The van der Waals surface area contributed by atoms with Gasteiger partial charge in [0.2, 0.25) is 5.91 Å². The van der Waals surface area contributed by atoms with Gasteiger partial charge in [-0.3, -0.25) is 14.6 Å². The Labute approximate surface area is 152 Å². The second kappa shape index (κ2) is 9.23. The highest BCUT2D eigenvalue weighted by Gasteiger charge is 2.30. The second-order valence-corrected chi connectivity index (χ2v) is 6.70. The van der Waals surface area contributed by atoms with Crippen LogP contribution >= 0.6 is 0 Å². The Kier molecular flexibility index (Phi) is 7.28. The quantitative estimate of drug-likeness (QED) is 0.797. The molecule has 1 N–H and O–H groups in total. The van der Waals surface area contributed by atoms with E-state index in [0.717, 1.165) is 31.7 Å². The van der Waals surface area contributed by atoms with Gasteiger partial charge in [-0.15, -0.1) is 13.2 Å². The molecule has 1 aromatic rings. The minimum atomic E-state index is -4.68. The summed E-state index contributed by atoms with van der Waals surface area (Å²) in [7, 11) is 0. The van der Waals surface area contributed by atoms with Crippen molar-refractivity contribution in [3.63, 3.8) is 0 Å². The van der Waals surface area contributed by atoms with Crippen molar-refractivity contribution < 1.29 is 22.7 Å². The molecule has 0 saturated carbocycles. The number of hydrogen-bond donors (Lipinski definition) is 1. The van der Waals surface area contributed by atoms with Crippen LogP contribution in [0.3, 0.4) is 0 Å². The number of halogens is 3. The fraction of sp³-hybridized carbons (Fsp3) is 0.611. The zero-order valence-electron chi connectivity index (χ0n) is 15.2. The summed E-state index contributed by atoms with van der Waals surface area (Å²) in [6.45, 7) is 8.87. The van der Waals surface area contributed by atoms with Crippen molar-refractivity contribution in [2.75, 3.05) is 39.3 Å². The number of carbonyl (C=O) groups excluding carboxylic acids is 1. The van der Waals surface area contributed by atoms with Gasteiger partial charge in [-0.25, -0.2) is 0 Å². The van der Waals surface area contributed by atoms with Gasteiger partial charge in [0.25, 0.3) is 0 Å². The maximum Gasteiger partial charge on any atom is 0.573 e. The van der Waals surface area contributed by atoms with E-state index in [9.17, 15) is 18.0 Å². The highest BCUT2D eigenvalue weighted by Crippen LogP contribution is 2.22. The van der Waals surface area contributed by atoms with E-state index in [-0.39, 0.29) is 11.7 Å². The largest absolute Gasteiger partial charge is 0.573 e. The Bertz CT molecular complexity index is 568. The molecule has 5 nitrogen and oxygen atoms in total. The lowest BCUT2D eigenvalue weighted by molar-refractivity contribution is -0.274. The molecule has 1 amide bonds. The molecule has 2 rings (SSSR count). The molecule has 8 heteroatoms. The molecule has 1 aliphatic rings. The molecule has 1 aliphatic heterocycles. The first-order chi connectivity index (χ1) is 12.2. The van der Waals surface area contributed by atoms with Gasteiger partial charge in [0.15, 0.2) is 0 Å². The van der Waals surface area contributed by atoms with Gasteiger partial charge < -0.3 is 10.1 Å². The van der Waals surface area contributed by atoms with Crippen LogP contribution in [0, 0.1) is 0 Å². The van der Waals surface area contributed by atoms with Crippen molar-refractivity contribution in [1.29, 1.82) is 0 Å². The number of nitrogens with zero attached hydrogens (tertiary/aromatic N) is 2. The summed E-state index contributed by atoms with van der Waals surface area (Å²) in [6, 6.07) is 6.22. The Morgan fingerprint density at radius 2 is 1.77 bits per heavy atom. The van der Waals surface area contributed by atoms with Gasteiger partial charge in [-0.2, -0.15) is 0 Å². The summed E-state index contributed by atoms with van der Waals surface area (Å²) >= 11 is 0. The average molecular weight is 373 g/mol. The Hall–Kier alpha value is -1.80. The van der Waals surface area contributed by atoms with Gasteiger partial charge in [-0.1, -0.05) is 12.1 Å².